The molecule has 0 spiro atoms. The van der Waals surface area contributed by atoms with Gasteiger partial charge in [0.15, 0.2) is 0 Å². The van der Waals surface area contributed by atoms with Crippen LogP contribution in [-0.2, 0) is 14.9 Å². The number of benzene rings is 1. The van der Waals surface area contributed by atoms with Gasteiger partial charge in [-0.05, 0) is 24.3 Å². The zero-order chi connectivity index (χ0) is 15.7. The topological polar surface area (TPSA) is 50.4 Å². The lowest BCUT2D eigenvalue weighted by Gasteiger charge is -2.29. The molecule has 0 radical (unpaired) electrons. The van der Waals surface area contributed by atoms with Gasteiger partial charge in [0.25, 0.3) is 0 Å². The van der Waals surface area contributed by atoms with E-state index in [1.807, 2.05) is 6.07 Å². The molecule has 1 amide bonds. The quantitative estimate of drug-likeness (QED) is 0.685. The number of halogens is 1. The molecule has 1 aromatic carbocycles. The third-order valence-corrected chi connectivity index (χ3v) is 3.55. The van der Waals surface area contributed by atoms with Crippen LogP contribution < -0.4 is 10.6 Å². The third-order valence-electron chi connectivity index (χ3n) is 3.55. The van der Waals surface area contributed by atoms with Crippen LogP contribution in [-0.4, -0.2) is 38.8 Å². The Kier molecular flexibility index (Phi) is 10.1. The summed E-state index contributed by atoms with van der Waals surface area (Å²) in [6.07, 6.45) is 0.904. The molecule has 4 nitrogen and oxygen atoms in total. The van der Waals surface area contributed by atoms with Crippen LogP contribution in [0.3, 0.4) is 0 Å². The van der Waals surface area contributed by atoms with Gasteiger partial charge < -0.3 is 15.4 Å². The number of nitrogens with one attached hydrogen (secondary N) is 2. The molecule has 0 aromatic heterocycles. The number of carbonyl (C=O) groups is 1. The van der Waals surface area contributed by atoms with Gasteiger partial charge in [-0.2, -0.15) is 0 Å². The van der Waals surface area contributed by atoms with Crippen molar-refractivity contribution in [2.75, 3.05) is 26.8 Å². The highest BCUT2D eigenvalue weighted by atomic mass is 35.5. The van der Waals surface area contributed by atoms with Crippen LogP contribution in [0.2, 0.25) is 0 Å². The molecule has 2 N–H and O–H groups in total. The minimum Gasteiger partial charge on any atom is -0.383 e. The van der Waals surface area contributed by atoms with Gasteiger partial charge in [0.05, 0.1) is 13.2 Å². The monoisotopic (exact) mass is 328 g/mol. The molecule has 0 aliphatic rings. The summed E-state index contributed by atoms with van der Waals surface area (Å²) in [7, 11) is 1.65. The van der Waals surface area contributed by atoms with Crippen LogP contribution in [0.4, 0.5) is 0 Å². The fraction of sp³-hybridized carbons (Fsp3) is 0.588. The van der Waals surface area contributed by atoms with Crippen LogP contribution in [0.5, 0.6) is 0 Å². The van der Waals surface area contributed by atoms with Crippen molar-refractivity contribution in [2.24, 2.45) is 0 Å². The van der Waals surface area contributed by atoms with Crippen molar-refractivity contribution in [3.8, 4) is 0 Å². The molecule has 0 saturated heterocycles. The van der Waals surface area contributed by atoms with Crippen LogP contribution in [0.25, 0.3) is 0 Å². The van der Waals surface area contributed by atoms with Crippen molar-refractivity contribution < 1.29 is 9.53 Å². The SMILES string of the molecule is COCCNCC(=O)NC(C)CC(C)(C)c1ccccc1.Cl. The molecule has 0 aliphatic carbocycles. The van der Waals surface area contributed by atoms with Gasteiger partial charge in [-0.3, -0.25) is 4.79 Å². The zero-order valence-corrected chi connectivity index (χ0v) is 14.8. The summed E-state index contributed by atoms with van der Waals surface area (Å²) in [5.74, 6) is 0.0301. The van der Waals surface area contributed by atoms with E-state index in [0.29, 0.717) is 19.7 Å². The molecule has 1 rings (SSSR count). The first-order valence-electron chi connectivity index (χ1n) is 7.50. The number of methoxy groups -OCH3 is 1. The van der Waals surface area contributed by atoms with E-state index in [0.717, 1.165) is 6.42 Å². The Labute approximate surface area is 140 Å². The molecule has 1 aromatic rings. The number of amides is 1. The smallest absolute Gasteiger partial charge is 0.234 e. The zero-order valence-electron chi connectivity index (χ0n) is 14.0. The van der Waals surface area contributed by atoms with Crippen LogP contribution >= 0.6 is 12.4 Å². The van der Waals surface area contributed by atoms with Crippen molar-refractivity contribution in [3.05, 3.63) is 35.9 Å². The van der Waals surface area contributed by atoms with Crippen molar-refractivity contribution in [1.29, 1.82) is 0 Å². The molecule has 0 heterocycles. The van der Waals surface area contributed by atoms with Crippen LogP contribution in [0.1, 0.15) is 32.8 Å². The van der Waals surface area contributed by atoms with Gasteiger partial charge in [0, 0.05) is 19.7 Å². The fourth-order valence-electron chi connectivity index (χ4n) is 2.53. The second-order valence-electron chi connectivity index (χ2n) is 6.09. The molecule has 126 valence electrons. The summed E-state index contributed by atoms with van der Waals surface area (Å²) in [5.41, 5.74) is 1.33. The maximum Gasteiger partial charge on any atom is 0.234 e. The first-order chi connectivity index (χ1) is 9.95. The molecule has 0 bridgehead atoms. The Morgan fingerprint density at radius 3 is 2.50 bits per heavy atom. The Hall–Kier alpha value is -1.10. The molecule has 22 heavy (non-hydrogen) atoms. The number of rotatable bonds is 9. The molecular formula is C17H29ClN2O2. The van der Waals surface area contributed by atoms with Crippen molar-refractivity contribution in [2.45, 2.75) is 38.6 Å². The summed E-state index contributed by atoms with van der Waals surface area (Å²) < 4.78 is 4.93. The minimum atomic E-state index is 0. The fourth-order valence-corrected chi connectivity index (χ4v) is 2.53. The Morgan fingerprint density at radius 1 is 1.27 bits per heavy atom. The van der Waals surface area contributed by atoms with Crippen molar-refractivity contribution in [1.82, 2.24) is 10.6 Å². The average Bonchev–Trinajstić information content (AvgIpc) is 2.44. The number of hydrogen-bond acceptors (Lipinski definition) is 3. The summed E-state index contributed by atoms with van der Waals surface area (Å²) in [4.78, 5) is 11.8. The first kappa shape index (κ1) is 20.9. The van der Waals surface area contributed by atoms with E-state index < -0.39 is 0 Å². The number of ether oxygens (including phenoxy) is 1. The number of hydrogen-bond donors (Lipinski definition) is 2. The molecule has 0 aliphatic heterocycles. The molecule has 1 atom stereocenters. The van der Waals surface area contributed by atoms with Gasteiger partial charge in [-0.25, -0.2) is 0 Å². The van der Waals surface area contributed by atoms with Crippen LogP contribution in [0, 0.1) is 0 Å². The third kappa shape index (κ3) is 7.78. The second-order valence-corrected chi connectivity index (χ2v) is 6.09. The molecule has 0 fully saturated rings. The molecule has 0 saturated carbocycles. The standard InChI is InChI=1S/C17H28N2O2.ClH/c1-14(19-16(20)13-18-10-11-21-4)12-17(2,3)15-8-6-5-7-9-15;/h5-9,14,18H,10-13H2,1-4H3,(H,19,20);1H. The van der Waals surface area contributed by atoms with Crippen molar-refractivity contribution in [3.63, 3.8) is 0 Å². The van der Waals surface area contributed by atoms with Gasteiger partial charge in [0.1, 0.15) is 0 Å². The first-order valence-corrected chi connectivity index (χ1v) is 7.50. The van der Waals surface area contributed by atoms with Gasteiger partial charge in [-0.15, -0.1) is 12.4 Å². The maximum absolute atomic E-state index is 11.8. The van der Waals surface area contributed by atoms with Crippen molar-refractivity contribution >= 4 is 18.3 Å². The summed E-state index contributed by atoms with van der Waals surface area (Å²) in [5, 5.41) is 6.09. The minimum absolute atomic E-state index is 0. The molecule has 1 unspecified atom stereocenters. The Bertz CT molecular complexity index is 424. The largest absolute Gasteiger partial charge is 0.383 e. The van der Waals surface area contributed by atoms with E-state index in [1.165, 1.54) is 5.56 Å². The van der Waals surface area contributed by atoms with E-state index in [4.69, 9.17) is 4.74 Å². The lowest BCUT2D eigenvalue weighted by molar-refractivity contribution is -0.120. The van der Waals surface area contributed by atoms with Crippen LogP contribution in [0.15, 0.2) is 30.3 Å². The maximum atomic E-state index is 11.8. The Morgan fingerprint density at radius 2 is 1.91 bits per heavy atom. The van der Waals surface area contributed by atoms with E-state index in [2.05, 4.69) is 55.7 Å². The highest BCUT2D eigenvalue weighted by Gasteiger charge is 2.23. The highest BCUT2D eigenvalue weighted by Crippen LogP contribution is 2.27. The lowest BCUT2D eigenvalue weighted by atomic mass is 9.79. The average molecular weight is 329 g/mol. The van der Waals surface area contributed by atoms with Gasteiger partial charge in [-0.1, -0.05) is 44.2 Å². The predicted octanol–water partition coefficient (Wildman–Crippen LogP) is 2.52. The summed E-state index contributed by atoms with van der Waals surface area (Å²) in [6, 6.07) is 10.6. The molecule has 5 heteroatoms. The second kappa shape index (κ2) is 10.6. The summed E-state index contributed by atoms with van der Waals surface area (Å²) in [6.45, 7) is 8.11. The summed E-state index contributed by atoms with van der Waals surface area (Å²) >= 11 is 0. The predicted molar refractivity (Wildman–Crippen MR) is 93.7 cm³/mol. The highest BCUT2D eigenvalue weighted by molar-refractivity contribution is 5.85. The lowest BCUT2D eigenvalue weighted by Crippen LogP contribution is -2.42. The van der Waals surface area contributed by atoms with Gasteiger partial charge >= 0.3 is 0 Å². The van der Waals surface area contributed by atoms with E-state index >= 15 is 0 Å². The van der Waals surface area contributed by atoms with E-state index in [9.17, 15) is 4.79 Å². The molecular weight excluding hydrogens is 300 g/mol. The van der Waals surface area contributed by atoms with Gasteiger partial charge in [0.2, 0.25) is 5.91 Å². The number of carbonyl (C=O) groups excluding carboxylic acids is 1. The Balaban J connectivity index is 0.00000441. The normalized spacial score (nSPS) is 12.4. The van der Waals surface area contributed by atoms with E-state index in [-0.39, 0.29) is 29.8 Å². The van der Waals surface area contributed by atoms with E-state index in [1.54, 1.807) is 7.11 Å².